The molecule has 0 aromatic carbocycles. The summed E-state index contributed by atoms with van der Waals surface area (Å²) in [6, 6.07) is 0. The second-order valence-corrected chi connectivity index (χ2v) is 5.69. The molecule has 12 heavy (non-hydrogen) atoms. The largest absolute Gasteiger partial charge is 0.390 e. The van der Waals surface area contributed by atoms with Crippen molar-refractivity contribution in [2.45, 2.75) is 56.4 Å². The average molecular weight is 189 g/mol. The fourth-order valence-corrected chi connectivity index (χ4v) is 3.84. The molecule has 0 aromatic heterocycles. The lowest BCUT2D eigenvalue weighted by Gasteiger charge is -2.49. The van der Waals surface area contributed by atoms with Crippen molar-refractivity contribution in [3.8, 4) is 0 Å². The number of rotatable bonds is 0. The minimum atomic E-state index is -0.419. The second kappa shape index (κ2) is 2.62. The molecule has 0 aliphatic heterocycles. The van der Waals surface area contributed by atoms with E-state index in [0.717, 1.165) is 25.7 Å². The normalized spacial score (nSPS) is 53.8. The molecule has 3 atom stereocenters. The van der Waals surface area contributed by atoms with Gasteiger partial charge < -0.3 is 5.11 Å². The van der Waals surface area contributed by atoms with E-state index in [9.17, 15) is 5.11 Å². The van der Waals surface area contributed by atoms with Crippen LogP contribution in [0.25, 0.3) is 0 Å². The van der Waals surface area contributed by atoms with Crippen LogP contribution in [0, 0.1) is 5.41 Å². The maximum atomic E-state index is 10.2. The van der Waals surface area contributed by atoms with Crippen molar-refractivity contribution < 1.29 is 5.11 Å². The highest BCUT2D eigenvalue weighted by Gasteiger charge is 2.47. The van der Waals surface area contributed by atoms with E-state index in [0.29, 0.717) is 5.41 Å². The number of hydrogen-bond acceptors (Lipinski definition) is 1. The first-order chi connectivity index (χ1) is 5.52. The Kier molecular flexibility index (Phi) is 1.93. The van der Waals surface area contributed by atoms with Crippen LogP contribution < -0.4 is 0 Å². The van der Waals surface area contributed by atoms with Crippen LogP contribution >= 0.6 is 11.6 Å². The fourth-order valence-electron chi connectivity index (χ4n) is 3.18. The minimum Gasteiger partial charge on any atom is -0.390 e. The van der Waals surface area contributed by atoms with Crippen LogP contribution in [0.2, 0.25) is 0 Å². The van der Waals surface area contributed by atoms with E-state index in [1.165, 1.54) is 12.8 Å². The number of halogens is 1. The molecule has 0 unspecified atom stereocenters. The zero-order valence-corrected chi connectivity index (χ0v) is 8.40. The first kappa shape index (κ1) is 8.83. The lowest BCUT2D eigenvalue weighted by Crippen LogP contribution is -2.47. The van der Waals surface area contributed by atoms with Gasteiger partial charge in [-0.15, -0.1) is 11.6 Å². The first-order valence-corrected chi connectivity index (χ1v) is 5.32. The van der Waals surface area contributed by atoms with Crippen molar-refractivity contribution in [3.05, 3.63) is 0 Å². The van der Waals surface area contributed by atoms with Crippen LogP contribution in [0.1, 0.15) is 45.4 Å². The molecular weight excluding hydrogens is 172 g/mol. The van der Waals surface area contributed by atoms with Crippen molar-refractivity contribution in [2.75, 3.05) is 0 Å². The molecule has 1 N–H and O–H groups in total. The van der Waals surface area contributed by atoms with Gasteiger partial charge >= 0.3 is 0 Å². The van der Waals surface area contributed by atoms with E-state index in [1.807, 2.05) is 0 Å². The SMILES string of the molecule is C[C@]12CCC[C@](O)(C[C@H](Cl)C1)C2. The summed E-state index contributed by atoms with van der Waals surface area (Å²) >= 11 is 6.14. The first-order valence-electron chi connectivity index (χ1n) is 4.88. The molecule has 0 amide bonds. The average Bonchev–Trinajstić information content (AvgIpc) is 1.79. The molecule has 2 heteroatoms. The van der Waals surface area contributed by atoms with E-state index < -0.39 is 5.60 Å². The van der Waals surface area contributed by atoms with Crippen molar-refractivity contribution in [2.24, 2.45) is 5.41 Å². The van der Waals surface area contributed by atoms with E-state index >= 15 is 0 Å². The Labute approximate surface area is 79.1 Å². The molecule has 0 saturated heterocycles. The van der Waals surface area contributed by atoms with E-state index in [4.69, 9.17) is 11.6 Å². The number of fused-ring (bicyclic) bond motifs is 2. The number of aliphatic hydroxyl groups is 1. The highest BCUT2D eigenvalue weighted by atomic mass is 35.5. The maximum absolute atomic E-state index is 10.2. The van der Waals surface area contributed by atoms with Gasteiger partial charge in [0.15, 0.2) is 0 Å². The zero-order valence-electron chi connectivity index (χ0n) is 7.65. The molecular formula is C10H17ClO. The second-order valence-electron chi connectivity index (χ2n) is 5.07. The summed E-state index contributed by atoms with van der Waals surface area (Å²) in [4.78, 5) is 0. The van der Waals surface area contributed by atoms with Crippen molar-refractivity contribution >= 4 is 11.6 Å². The Bertz CT molecular complexity index is 176. The highest BCUT2D eigenvalue weighted by molar-refractivity contribution is 6.20. The minimum absolute atomic E-state index is 0.203. The molecule has 0 heterocycles. The van der Waals surface area contributed by atoms with Crippen molar-refractivity contribution in [1.82, 2.24) is 0 Å². The van der Waals surface area contributed by atoms with Gasteiger partial charge in [0.1, 0.15) is 0 Å². The third kappa shape index (κ3) is 1.49. The summed E-state index contributed by atoms with van der Waals surface area (Å²) in [7, 11) is 0. The van der Waals surface area contributed by atoms with Crippen LogP contribution in [0.4, 0.5) is 0 Å². The molecule has 2 bridgehead atoms. The molecule has 1 nitrogen and oxygen atoms in total. The monoisotopic (exact) mass is 188 g/mol. The Morgan fingerprint density at radius 2 is 2.08 bits per heavy atom. The third-order valence-corrected chi connectivity index (χ3v) is 3.80. The molecule has 2 aliphatic rings. The standard InChI is InChI=1S/C10H17ClO/c1-9-3-2-4-10(12,7-9)6-8(11)5-9/h8,12H,2-7H2,1H3/t8-,9+,10+/m1/s1. The van der Waals surface area contributed by atoms with E-state index in [1.54, 1.807) is 0 Å². The van der Waals surface area contributed by atoms with Gasteiger partial charge in [-0.1, -0.05) is 13.3 Å². The lowest BCUT2D eigenvalue weighted by atomic mass is 9.61. The van der Waals surface area contributed by atoms with Crippen molar-refractivity contribution in [3.63, 3.8) is 0 Å². The molecule has 2 fully saturated rings. The smallest absolute Gasteiger partial charge is 0.0667 e. The number of hydrogen-bond donors (Lipinski definition) is 1. The number of alkyl halides is 1. The van der Waals surface area contributed by atoms with Gasteiger partial charge in [-0.3, -0.25) is 0 Å². The Morgan fingerprint density at radius 3 is 2.75 bits per heavy atom. The van der Waals surface area contributed by atoms with Gasteiger partial charge in [0, 0.05) is 5.38 Å². The van der Waals surface area contributed by atoms with Gasteiger partial charge in [0.2, 0.25) is 0 Å². The molecule has 0 spiro atoms. The fraction of sp³-hybridized carbons (Fsp3) is 1.00. The predicted molar refractivity (Wildman–Crippen MR) is 50.4 cm³/mol. The van der Waals surface area contributed by atoms with E-state index in [-0.39, 0.29) is 5.38 Å². The molecule has 2 aliphatic carbocycles. The highest BCUT2D eigenvalue weighted by Crippen LogP contribution is 2.51. The summed E-state index contributed by atoms with van der Waals surface area (Å²) in [5, 5.41) is 10.4. The summed E-state index contributed by atoms with van der Waals surface area (Å²) in [5.41, 5.74) is -0.0880. The summed E-state index contributed by atoms with van der Waals surface area (Å²) in [6.07, 6.45) is 6.27. The maximum Gasteiger partial charge on any atom is 0.0667 e. The van der Waals surface area contributed by atoms with Gasteiger partial charge in [0.25, 0.3) is 0 Å². The molecule has 0 aromatic rings. The quantitative estimate of drug-likeness (QED) is 0.580. The Hall–Kier alpha value is 0.250. The van der Waals surface area contributed by atoms with Crippen LogP contribution in [-0.2, 0) is 0 Å². The molecule has 0 radical (unpaired) electrons. The van der Waals surface area contributed by atoms with Gasteiger partial charge in [-0.25, -0.2) is 0 Å². The van der Waals surface area contributed by atoms with Crippen molar-refractivity contribution in [1.29, 1.82) is 0 Å². The molecule has 2 rings (SSSR count). The predicted octanol–water partition coefficient (Wildman–Crippen LogP) is 2.70. The van der Waals surface area contributed by atoms with Gasteiger partial charge in [-0.05, 0) is 37.5 Å². The van der Waals surface area contributed by atoms with Crippen LogP contribution in [0.3, 0.4) is 0 Å². The third-order valence-electron chi connectivity index (χ3n) is 3.49. The molecule has 2 saturated carbocycles. The van der Waals surface area contributed by atoms with Crippen LogP contribution in [0.15, 0.2) is 0 Å². The van der Waals surface area contributed by atoms with E-state index in [2.05, 4.69) is 6.92 Å². The van der Waals surface area contributed by atoms with Gasteiger partial charge in [-0.2, -0.15) is 0 Å². The Morgan fingerprint density at radius 1 is 1.33 bits per heavy atom. The summed E-state index contributed by atoms with van der Waals surface area (Å²) in [6.45, 7) is 2.27. The lowest BCUT2D eigenvalue weighted by molar-refractivity contribution is -0.0778. The van der Waals surface area contributed by atoms with Crippen LogP contribution in [-0.4, -0.2) is 16.1 Å². The Balaban J connectivity index is 2.19. The molecule has 70 valence electrons. The zero-order chi connectivity index (χ0) is 8.82. The topological polar surface area (TPSA) is 20.2 Å². The van der Waals surface area contributed by atoms with Gasteiger partial charge in [0.05, 0.1) is 5.60 Å². The summed E-state index contributed by atoms with van der Waals surface area (Å²) < 4.78 is 0. The van der Waals surface area contributed by atoms with Crippen LogP contribution in [0.5, 0.6) is 0 Å². The summed E-state index contributed by atoms with van der Waals surface area (Å²) in [5.74, 6) is 0.